The van der Waals surface area contributed by atoms with Gasteiger partial charge in [-0.3, -0.25) is 10.1 Å². The van der Waals surface area contributed by atoms with Gasteiger partial charge in [-0.25, -0.2) is 4.79 Å². The average Bonchev–Trinajstić information content (AvgIpc) is 2.79. The minimum atomic E-state index is -0.533. The number of methoxy groups -OCH3 is 1. The Morgan fingerprint density at radius 3 is 2.83 bits per heavy atom. The fraction of sp³-hybridized carbons (Fsp3) is 0.600. The highest BCUT2D eigenvalue weighted by Crippen LogP contribution is 2.40. The summed E-state index contributed by atoms with van der Waals surface area (Å²) in [5.41, 5.74) is 6.46. The van der Waals surface area contributed by atoms with Crippen LogP contribution in [0, 0.1) is 0 Å². The van der Waals surface area contributed by atoms with Crippen LogP contribution in [0.15, 0.2) is 0 Å². The van der Waals surface area contributed by atoms with Crippen molar-refractivity contribution in [3.8, 4) is 0 Å². The van der Waals surface area contributed by atoms with Crippen LogP contribution in [0.1, 0.15) is 41.1 Å². The van der Waals surface area contributed by atoms with E-state index in [1.807, 2.05) is 13.8 Å². The second-order valence-electron chi connectivity index (χ2n) is 6.02. The highest BCUT2D eigenvalue weighted by atomic mass is 32.1. The predicted octanol–water partition coefficient (Wildman–Crippen LogP) is 1.86. The van der Waals surface area contributed by atoms with Crippen molar-refractivity contribution in [3.05, 3.63) is 16.0 Å². The van der Waals surface area contributed by atoms with Crippen LogP contribution in [0.3, 0.4) is 0 Å². The molecule has 0 radical (unpaired) electrons. The molecule has 0 spiro atoms. The molecular formula is C15H23N3O4S. The van der Waals surface area contributed by atoms with Gasteiger partial charge in [0.2, 0.25) is 0 Å². The fourth-order valence-electron chi connectivity index (χ4n) is 2.47. The molecule has 1 aromatic heterocycles. The third kappa shape index (κ3) is 4.43. The number of primary amides is 1. The molecular weight excluding hydrogens is 318 g/mol. The molecule has 1 aliphatic rings. The molecule has 0 fully saturated rings. The Hall–Kier alpha value is -1.64. The minimum Gasteiger partial charge on any atom is -0.385 e. The lowest BCUT2D eigenvalue weighted by Gasteiger charge is -2.30. The number of thiophene rings is 1. The maximum absolute atomic E-state index is 12.0. The van der Waals surface area contributed by atoms with Crippen molar-refractivity contribution < 1.29 is 19.1 Å². The summed E-state index contributed by atoms with van der Waals surface area (Å²) < 4.78 is 10.7. The summed E-state index contributed by atoms with van der Waals surface area (Å²) in [4.78, 5) is 24.7. The number of anilines is 1. The van der Waals surface area contributed by atoms with Gasteiger partial charge in [0.15, 0.2) is 0 Å². The lowest BCUT2D eigenvalue weighted by atomic mass is 9.93. The number of ether oxygens (including phenoxy) is 2. The second-order valence-corrected chi connectivity index (χ2v) is 7.13. The van der Waals surface area contributed by atoms with Crippen LogP contribution < -0.4 is 16.4 Å². The van der Waals surface area contributed by atoms with Gasteiger partial charge in [0.05, 0.1) is 17.8 Å². The van der Waals surface area contributed by atoms with Crippen molar-refractivity contribution in [3.63, 3.8) is 0 Å². The zero-order valence-corrected chi connectivity index (χ0v) is 14.5. The van der Waals surface area contributed by atoms with Crippen molar-refractivity contribution in [2.45, 2.75) is 38.9 Å². The van der Waals surface area contributed by atoms with Crippen LogP contribution in [0.25, 0.3) is 0 Å². The lowest BCUT2D eigenvalue weighted by molar-refractivity contribution is -0.0383. The molecule has 8 heteroatoms. The van der Waals surface area contributed by atoms with E-state index < -0.39 is 5.91 Å². The van der Waals surface area contributed by atoms with Crippen LogP contribution in [0.2, 0.25) is 0 Å². The number of nitrogens with one attached hydrogen (secondary N) is 2. The van der Waals surface area contributed by atoms with E-state index in [1.165, 1.54) is 11.3 Å². The standard InChI is InChI=1S/C15H23N3O4S/c1-15(2)7-9-10(8-22-15)23-13(11(9)12(16)19)18-14(20)17-5-4-6-21-3/h4-8H2,1-3H3,(H2,16,19)(H2,17,18,20). The molecule has 0 aromatic carbocycles. The molecule has 1 aromatic rings. The van der Waals surface area contributed by atoms with Crippen LogP contribution >= 0.6 is 11.3 Å². The molecule has 2 rings (SSSR count). The first-order valence-corrected chi connectivity index (χ1v) is 8.28. The quantitative estimate of drug-likeness (QED) is 0.687. The zero-order valence-electron chi connectivity index (χ0n) is 13.7. The van der Waals surface area contributed by atoms with E-state index in [2.05, 4.69) is 10.6 Å². The first kappa shape index (κ1) is 17.7. The van der Waals surface area contributed by atoms with E-state index in [1.54, 1.807) is 7.11 Å². The van der Waals surface area contributed by atoms with E-state index in [9.17, 15) is 9.59 Å². The van der Waals surface area contributed by atoms with Crippen LogP contribution in [-0.4, -0.2) is 37.8 Å². The monoisotopic (exact) mass is 341 g/mol. The van der Waals surface area contributed by atoms with Crippen molar-refractivity contribution in [2.75, 3.05) is 25.6 Å². The van der Waals surface area contributed by atoms with Gasteiger partial charge < -0.3 is 20.5 Å². The van der Waals surface area contributed by atoms with Crippen LogP contribution in [-0.2, 0) is 22.5 Å². The van der Waals surface area contributed by atoms with E-state index in [-0.39, 0.29) is 11.6 Å². The third-order valence-corrected chi connectivity index (χ3v) is 4.69. The van der Waals surface area contributed by atoms with Gasteiger partial charge >= 0.3 is 6.03 Å². The summed E-state index contributed by atoms with van der Waals surface area (Å²) in [5.74, 6) is -0.533. The predicted molar refractivity (Wildman–Crippen MR) is 88.9 cm³/mol. The molecule has 0 aliphatic carbocycles. The van der Waals surface area contributed by atoms with Crippen molar-refractivity contribution in [1.29, 1.82) is 0 Å². The lowest BCUT2D eigenvalue weighted by Crippen LogP contribution is -2.33. The molecule has 7 nitrogen and oxygen atoms in total. The molecule has 2 heterocycles. The molecule has 4 N–H and O–H groups in total. The molecule has 0 unspecified atom stereocenters. The first-order chi connectivity index (χ1) is 10.8. The van der Waals surface area contributed by atoms with Gasteiger partial charge in [0.1, 0.15) is 5.00 Å². The molecule has 0 bridgehead atoms. The van der Waals surface area contributed by atoms with E-state index in [0.29, 0.717) is 36.7 Å². The highest BCUT2D eigenvalue weighted by Gasteiger charge is 2.33. The molecule has 128 valence electrons. The number of nitrogens with two attached hydrogens (primary N) is 1. The number of carbonyl (C=O) groups is 2. The smallest absolute Gasteiger partial charge is 0.319 e. The highest BCUT2D eigenvalue weighted by molar-refractivity contribution is 7.17. The van der Waals surface area contributed by atoms with E-state index in [0.717, 1.165) is 16.9 Å². The van der Waals surface area contributed by atoms with E-state index >= 15 is 0 Å². The Bertz CT molecular complexity index is 598. The second kappa shape index (κ2) is 7.29. The number of urea groups is 1. The number of fused-ring (bicyclic) bond motifs is 1. The Balaban J connectivity index is 2.12. The Labute approximate surface area is 139 Å². The molecule has 3 amide bonds. The number of carbonyl (C=O) groups excluding carboxylic acids is 2. The fourth-order valence-corrected chi connectivity index (χ4v) is 3.60. The summed E-state index contributed by atoms with van der Waals surface area (Å²) in [6.45, 7) is 5.42. The SMILES string of the molecule is COCCCNC(=O)Nc1sc2c(c1C(N)=O)CC(C)(C)OC2. The minimum absolute atomic E-state index is 0.349. The summed E-state index contributed by atoms with van der Waals surface area (Å²) in [7, 11) is 1.61. The van der Waals surface area contributed by atoms with Gasteiger partial charge in [-0.05, 0) is 25.8 Å². The number of rotatable bonds is 6. The summed E-state index contributed by atoms with van der Waals surface area (Å²) >= 11 is 1.34. The average molecular weight is 341 g/mol. The maximum Gasteiger partial charge on any atom is 0.319 e. The van der Waals surface area contributed by atoms with Gasteiger partial charge in [-0.15, -0.1) is 11.3 Å². The number of hydrogen-bond acceptors (Lipinski definition) is 5. The summed E-state index contributed by atoms with van der Waals surface area (Å²) in [6.07, 6.45) is 1.31. The van der Waals surface area contributed by atoms with Crippen molar-refractivity contribution >= 4 is 28.3 Å². The first-order valence-electron chi connectivity index (χ1n) is 7.46. The van der Waals surface area contributed by atoms with Crippen LogP contribution in [0.5, 0.6) is 0 Å². The number of hydrogen-bond donors (Lipinski definition) is 3. The summed E-state index contributed by atoms with van der Waals surface area (Å²) in [5, 5.41) is 5.93. The number of amides is 3. The van der Waals surface area contributed by atoms with E-state index in [4.69, 9.17) is 15.2 Å². The molecule has 0 saturated heterocycles. The maximum atomic E-state index is 12.0. The largest absolute Gasteiger partial charge is 0.385 e. The van der Waals surface area contributed by atoms with Gasteiger partial charge in [-0.2, -0.15) is 0 Å². The normalized spacial score (nSPS) is 15.8. The Morgan fingerprint density at radius 1 is 1.43 bits per heavy atom. The Morgan fingerprint density at radius 2 is 2.17 bits per heavy atom. The van der Waals surface area contributed by atoms with Gasteiger partial charge in [0.25, 0.3) is 5.91 Å². The molecule has 0 atom stereocenters. The van der Waals surface area contributed by atoms with Crippen molar-refractivity contribution in [2.24, 2.45) is 5.73 Å². The van der Waals surface area contributed by atoms with Gasteiger partial charge in [-0.1, -0.05) is 0 Å². The van der Waals surface area contributed by atoms with Gasteiger partial charge in [0, 0.05) is 31.6 Å². The zero-order chi connectivity index (χ0) is 17.0. The van der Waals surface area contributed by atoms with Crippen LogP contribution in [0.4, 0.5) is 9.80 Å². The summed E-state index contributed by atoms with van der Waals surface area (Å²) in [6, 6.07) is -0.359. The molecule has 1 aliphatic heterocycles. The topological polar surface area (TPSA) is 103 Å². The molecule has 0 saturated carbocycles. The third-order valence-electron chi connectivity index (χ3n) is 3.57. The molecule has 23 heavy (non-hydrogen) atoms. The van der Waals surface area contributed by atoms with Crippen molar-refractivity contribution in [1.82, 2.24) is 5.32 Å². The Kier molecular flexibility index (Phi) is 5.61.